The first-order chi connectivity index (χ1) is 6.18. The van der Waals surface area contributed by atoms with Gasteiger partial charge < -0.3 is 0 Å². The topological polar surface area (TPSA) is 29.4 Å². The average molecular weight is 183 g/mol. The van der Waals surface area contributed by atoms with Gasteiger partial charge in [-0.2, -0.15) is 4.91 Å². The van der Waals surface area contributed by atoms with Gasteiger partial charge >= 0.3 is 0 Å². The molecule has 1 fully saturated rings. The minimum absolute atomic E-state index is 0.0994. The molecule has 1 aliphatic carbocycles. The molecule has 0 aliphatic heterocycles. The summed E-state index contributed by atoms with van der Waals surface area (Å²) in [5.41, 5.74) is -0.0994. The summed E-state index contributed by atoms with van der Waals surface area (Å²) in [6.45, 7) is 4.52. The molecule has 0 aromatic carbocycles. The number of rotatable bonds is 7. The molecule has 0 N–H and O–H groups in total. The highest BCUT2D eigenvalue weighted by atomic mass is 16.3. The van der Waals surface area contributed by atoms with Gasteiger partial charge in [-0.05, 0) is 25.2 Å². The summed E-state index contributed by atoms with van der Waals surface area (Å²) in [6, 6.07) is 0. The predicted octanol–water partition coefficient (Wildman–Crippen LogP) is 3.89. The number of unbranched alkanes of at least 4 members (excludes halogenated alkanes) is 2. The molecule has 0 unspecified atom stereocenters. The molecular weight excluding hydrogens is 162 g/mol. The molecule has 76 valence electrons. The standard InChI is InChI=1S/C11H21NO/c1-10(2)6-4-3-5-7-11(12-13)8-9-11/h10H,3-9H2,1-2H3. The molecule has 0 bridgehead atoms. The highest BCUT2D eigenvalue weighted by Gasteiger charge is 2.43. The molecule has 2 nitrogen and oxygen atoms in total. The number of nitrogens with zero attached hydrogens (tertiary/aromatic N) is 1. The first-order valence-electron chi connectivity index (χ1n) is 5.53. The lowest BCUT2D eigenvalue weighted by atomic mass is 10.0. The van der Waals surface area contributed by atoms with E-state index in [9.17, 15) is 4.91 Å². The SMILES string of the molecule is CC(C)CCCCCC1(N=O)CC1. The normalized spacial score (nSPS) is 19.0. The Morgan fingerprint density at radius 2 is 1.92 bits per heavy atom. The van der Waals surface area contributed by atoms with Crippen molar-refractivity contribution in [2.45, 2.75) is 64.3 Å². The Balaban J connectivity index is 1.92. The fraction of sp³-hybridized carbons (Fsp3) is 1.00. The van der Waals surface area contributed by atoms with Crippen LogP contribution in [0, 0.1) is 10.8 Å². The molecule has 0 radical (unpaired) electrons. The van der Waals surface area contributed by atoms with Crippen molar-refractivity contribution < 1.29 is 0 Å². The van der Waals surface area contributed by atoms with Crippen LogP contribution in [-0.2, 0) is 0 Å². The summed E-state index contributed by atoms with van der Waals surface area (Å²) in [5, 5.41) is 3.21. The number of hydrogen-bond acceptors (Lipinski definition) is 2. The minimum atomic E-state index is -0.0994. The van der Waals surface area contributed by atoms with Crippen molar-refractivity contribution in [3.8, 4) is 0 Å². The van der Waals surface area contributed by atoms with E-state index in [2.05, 4.69) is 19.0 Å². The van der Waals surface area contributed by atoms with Gasteiger partial charge in [0.25, 0.3) is 0 Å². The zero-order valence-corrected chi connectivity index (χ0v) is 8.88. The van der Waals surface area contributed by atoms with Gasteiger partial charge in [-0.25, -0.2) is 0 Å². The van der Waals surface area contributed by atoms with Crippen molar-refractivity contribution in [2.75, 3.05) is 0 Å². The van der Waals surface area contributed by atoms with Gasteiger partial charge in [-0.3, -0.25) is 0 Å². The predicted molar refractivity (Wildman–Crippen MR) is 55.7 cm³/mol. The van der Waals surface area contributed by atoms with E-state index >= 15 is 0 Å². The average Bonchev–Trinajstić information content (AvgIpc) is 2.84. The molecule has 0 heterocycles. The van der Waals surface area contributed by atoms with Crippen molar-refractivity contribution in [1.29, 1.82) is 0 Å². The molecule has 0 aromatic heterocycles. The molecule has 0 atom stereocenters. The summed E-state index contributed by atoms with van der Waals surface area (Å²) in [7, 11) is 0. The third kappa shape index (κ3) is 3.88. The molecular formula is C11H21NO. The van der Waals surface area contributed by atoms with Crippen LogP contribution in [0.5, 0.6) is 0 Å². The Bertz CT molecular complexity index is 161. The van der Waals surface area contributed by atoms with Crippen LogP contribution in [0.1, 0.15) is 58.8 Å². The van der Waals surface area contributed by atoms with Crippen molar-refractivity contribution in [3.05, 3.63) is 4.91 Å². The molecule has 13 heavy (non-hydrogen) atoms. The van der Waals surface area contributed by atoms with E-state index in [-0.39, 0.29) is 5.54 Å². The van der Waals surface area contributed by atoms with Gasteiger partial charge in [0.05, 0.1) is 0 Å². The van der Waals surface area contributed by atoms with Gasteiger partial charge in [-0.15, -0.1) is 0 Å². The lowest BCUT2D eigenvalue weighted by Gasteiger charge is -2.06. The van der Waals surface area contributed by atoms with Crippen LogP contribution in [0.25, 0.3) is 0 Å². The molecule has 1 aliphatic rings. The summed E-state index contributed by atoms with van der Waals surface area (Å²) >= 11 is 0. The van der Waals surface area contributed by atoms with E-state index in [1.165, 1.54) is 25.7 Å². The molecule has 0 saturated heterocycles. The quantitative estimate of drug-likeness (QED) is 0.435. The summed E-state index contributed by atoms with van der Waals surface area (Å²) in [5.74, 6) is 0.819. The Labute approximate surface area is 81.1 Å². The Morgan fingerprint density at radius 3 is 2.38 bits per heavy atom. The van der Waals surface area contributed by atoms with E-state index in [0.717, 1.165) is 25.2 Å². The van der Waals surface area contributed by atoms with E-state index < -0.39 is 0 Å². The van der Waals surface area contributed by atoms with Crippen LogP contribution in [0.4, 0.5) is 0 Å². The van der Waals surface area contributed by atoms with E-state index in [0.29, 0.717) is 0 Å². The maximum atomic E-state index is 10.4. The lowest BCUT2D eigenvalue weighted by Crippen LogP contribution is -2.02. The first-order valence-corrected chi connectivity index (χ1v) is 5.53. The van der Waals surface area contributed by atoms with Crippen LogP contribution in [0.3, 0.4) is 0 Å². The summed E-state index contributed by atoms with van der Waals surface area (Å²) in [4.78, 5) is 10.4. The molecule has 0 spiro atoms. The first kappa shape index (κ1) is 10.7. The number of nitroso groups, excluding NO2 is 1. The Kier molecular flexibility index (Phi) is 3.89. The van der Waals surface area contributed by atoms with Crippen LogP contribution >= 0.6 is 0 Å². The highest BCUT2D eigenvalue weighted by Crippen LogP contribution is 2.43. The largest absolute Gasteiger partial charge is 0.150 e. The van der Waals surface area contributed by atoms with E-state index in [1.807, 2.05) is 0 Å². The van der Waals surface area contributed by atoms with Crippen LogP contribution < -0.4 is 0 Å². The Hall–Kier alpha value is -0.400. The smallest absolute Gasteiger partial charge is 0.103 e. The van der Waals surface area contributed by atoms with Crippen molar-refractivity contribution >= 4 is 0 Å². The van der Waals surface area contributed by atoms with Crippen LogP contribution in [0.2, 0.25) is 0 Å². The third-order valence-corrected chi connectivity index (χ3v) is 2.94. The van der Waals surface area contributed by atoms with Gasteiger partial charge in [0.2, 0.25) is 0 Å². The number of hydrogen-bond donors (Lipinski definition) is 0. The fourth-order valence-electron chi connectivity index (χ4n) is 1.71. The molecule has 0 aromatic rings. The zero-order valence-electron chi connectivity index (χ0n) is 8.88. The van der Waals surface area contributed by atoms with Crippen molar-refractivity contribution in [1.82, 2.24) is 0 Å². The van der Waals surface area contributed by atoms with Crippen LogP contribution in [-0.4, -0.2) is 5.54 Å². The van der Waals surface area contributed by atoms with Crippen molar-refractivity contribution in [2.24, 2.45) is 11.1 Å². The minimum Gasteiger partial charge on any atom is -0.150 e. The molecule has 0 amide bonds. The highest BCUT2D eigenvalue weighted by molar-refractivity contribution is 5.01. The fourth-order valence-corrected chi connectivity index (χ4v) is 1.71. The monoisotopic (exact) mass is 183 g/mol. The summed E-state index contributed by atoms with van der Waals surface area (Å²) in [6.07, 6.45) is 8.22. The second-order valence-corrected chi connectivity index (χ2v) is 4.81. The molecule has 1 rings (SSSR count). The van der Waals surface area contributed by atoms with Gasteiger partial charge in [-0.1, -0.05) is 44.7 Å². The van der Waals surface area contributed by atoms with Gasteiger partial charge in [0.1, 0.15) is 5.54 Å². The maximum absolute atomic E-state index is 10.4. The maximum Gasteiger partial charge on any atom is 0.103 e. The molecule has 2 heteroatoms. The van der Waals surface area contributed by atoms with E-state index in [4.69, 9.17) is 0 Å². The van der Waals surface area contributed by atoms with Crippen molar-refractivity contribution in [3.63, 3.8) is 0 Å². The van der Waals surface area contributed by atoms with E-state index in [1.54, 1.807) is 0 Å². The van der Waals surface area contributed by atoms with Crippen LogP contribution in [0.15, 0.2) is 5.18 Å². The Morgan fingerprint density at radius 1 is 1.23 bits per heavy atom. The van der Waals surface area contributed by atoms with Gasteiger partial charge in [0.15, 0.2) is 0 Å². The second kappa shape index (κ2) is 4.73. The van der Waals surface area contributed by atoms with Gasteiger partial charge in [0, 0.05) is 0 Å². The third-order valence-electron chi connectivity index (χ3n) is 2.94. The molecule has 1 saturated carbocycles. The lowest BCUT2D eigenvalue weighted by molar-refractivity contribution is 0.493. The summed E-state index contributed by atoms with van der Waals surface area (Å²) < 4.78 is 0. The zero-order chi connectivity index (χ0) is 9.73. The second-order valence-electron chi connectivity index (χ2n) is 4.81.